The molecule has 0 aromatic heterocycles. The van der Waals surface area contributed by atoms with Crippen molar-refractivity contribution in [3.05, 3.63) is 47.5 Å². The van der Waals surface area contributed by atoms with Gasteiger partial charge >= 0.3 is 0 Å². The summed E-state index contributed by atoms with van der Waals surface area (Å²) in [7, 11) is 0. The Balaban J connectivity index is 2.01. The molecule has 1 heterocycles. The van der Waals surface area contributed by atoms with Gasteiger partial charge in [-0.05, 0) is 29.8 Å². The first-order valence-corrected chi connectivity index (χ1v) is 6.10. The molecule has 1 atom stereocenters. The van der Waals surface area contributed by atoms with E-state index in [1.54, 1.807) is 12.1 Å². The fourth-order valence-electron chi connectivity index (χ4n) is 2.24. The quantitative estimate of drug-likeness (QED) is 0.694. The Labute approximate surface area is 114 Å². The van der Waals surface area contributed by atoms with E-state index in [1.165, 1.54) is 24.3 Å². The van der Waals surface area contributed by atoms with Gasteiger partial charge < -0.3 is 20.1 Å². The number of rotatable bonds is 1. The molecule has 0 radical (unpaired) electrons. The maximum atomic E-state index is 12.1. The molecule has 0 amide bonds. The lowest BCUT2D eigenvalue weighted by atomic mass is 9.96. The van der Waals surface area contributed by atoms with Gasteiger partial charge in [0.2, 0.25) is 5.75 Å². The molecule has 0 fully saturated rings. The minimum Gasteiger partial charge on any atom is -0.508 e. The number of hydrogen-bond acceptors (Lipinski definition) is 5. The lowest BCUT2D eigenvalue weighted by Gasteiger charge is -2.26. The lowest BCUT2D eigenvalue weighted by molar-refractivity contribution is 0.0841. The lowest BCUT2D eigenvalue weighted by Crippen LogP contribution is -2.20. The maximum Gasteiger partial charge on any atom is 0.201 e. The summed E-state index contributed by atoms with van der Waals surface area (Å²) < 4.78 is 5.63. The molecule has 2 aromatic rings. The van der Waals surface area contributed by atoms with E-state index < -0.39 is 11.9 Å². The number of benzene rings is 2. The van der Waals surface area contributed by atoms with E-state index in [-0.39, 0.29) is 35.0 Å². The number of Topliss-reactive ketones (excluding diaryl/α,β-unsaturated/α-hetero) is 1. The van der Waals surface area contributed by atoms with Crippen LogP contribution in [0.4, 0.5) is 0 Å². The summed E-state index contributed by atoms with van der Waals surface area (Å²) in [5, 5.41) is 28.5. The number of aromatic hydroxyl groups is 3. The molecular formula is C15H12O5. The third-order valence-electron chi connectivity index (χ3n) is 3.31. The number of fused-ring (bicyclic) bond motifs is 1. The summed E-state index contributed by atoms with van der Waals surface area (Å²) in [6, 6.07) is 8.99. The second-order valence-corrected chi connectivity index (χ2v) is 4.64. The molecule has 0 spiro atoms. The summed E-state index contributed by atoms with van der Waals surface area (Å²) in [5.41, 5.74) is 0.972. The second kappa shape index (κ2) is 4.45. The molecule has 1 aliphatic rings. The van der Waals surface area contributed by atoms with E-state index in [0.717, 1.165) is 0 Å². The van der Waals surface area contributed by atoms with Crippen molar-refractivity contribution in [1.29, 1.82) is 0 Å². The number of ether oxygens (including phenoxy) is 1. The van der Waals surface area contributed by atoms with Crippen LogP contribution in [0.1, 0.15) is 28.4 Å². The van der Waals surface area contributed by atoms with Crippen LogP contribution in [-0.2, 0) is 0 Å². The highest BCUT2D eigenvalue weighted by Gasteiger charge is 2.30. The van der Waals surface area contributed by atoms with E-state index in [2.05, 4.69) is 0 Å². The Morgan fingerprint density at radius 1 is 1.00 bits per heavy atom. The van der Waals surface area contributed by atoms with Crippen molar-refractivity contribution in [1.82, 2.24) is 0 Å². The molecule has 102 valence electrons. The highest BCUT2D eigenvalue weighted by Crippen LogP contribution is 2.44. The first-order valence-electron chi connectivity index (χ1n) is 6.10. The number of carbonyl (C=O) groups excluding carboxylic acids is 1. The molecule has 0 aliphatic carbocycles. The van der Waals surface area contributed by atoms with Gasteiger partial charge in [-0.15, -0.1) is 0 Å². The van der Waals surface area contributed by atoms with Gasteiger partial charge in [-0.1, -0.05) is 12.1 Å². The largest absolute Gasteiger partial charge is 0.508 e. The van der Waals surface area contributed by atoms with Gasteiger partial charge in [0, 0.05) is 0 Å². The molecule has 0 saturated heterocycles. The van der Waals surface area contributed by atoms with Gasteiger partial charge in [-0.3, -0.25) is 4.79 Å². The van der Waals surface area contributed by atoms with Crippen LogP contribution < -0.4 is 4.74 Å². The van der Waals surface area contributed by atoms with Gasteiger partial charge in [0.1, 0.15) is 11.9 Å². The highest BCUT2D eigenvalue weighted by atomic mass is 16.5. The average Bonchev–Trinajstić information content (AvgIpc) is 2.44. The fraction of sp³-hybridized carbons (Fsp3) is 0.133. The Bertz CT molecular complexity index is 675. The highest BCUT2D eigenvalue weighted by molar-refractivity contribution is 6.01. The summed E-state index contributed by atoms with van der Waals surface area (Å²) in [4.78, 5) is 12.1. The molecule has 0 bridgehead atoms. The van der Waals surface area contributed by atoms with E-state index in [0.29, 0.717) is 5.56 Å². The summed E-state index contributed by atoms with van der Waals surface area (Å²) in [5.74, 6) is -0.807. The Morgan fingerprint density at radius 3 is 2.40 bits per heavy atom. The van der Waals surface area contributed by atoms with Gasteiger partial charge in [0.25, 0.3) is 0 Å². The third-order valence-corrected chi connectivity index (χ3v) is 3.31. The Morgan fingerprint density at radius 2 is 1.70 bits per heavy atom. The predicted molar refractivity (Wildman–Crippen MR) is 70.2 cm³/mol. The van der Waals surface area contributed by atoms with E-state index in [4.69, 9.17) is 4.74 Å². The first kappa shape index (κ1) is 12.3. The van der Waals surface area contributed by atoms with Crippen molar-refractivity contribution in [2.45, 2.75) is 12.5 Å². The number of ketones is 1. The summed E-state index contributed by atoms with van der Waals surface area (Å²) in [6.45, 7) is 0. The van der Waals surface area contributed by atoms with Crippen molar-refractivity contribution in [2.24, 2.45) is 0 Å². The van der Waals surface area contributed by atoms with Crippen LogP contribution in [0.5, 0.6) is 23.0 Å². The average molecular weight is 272 g/mol. The summed E-state index contributed by atoms with van der Waals surface area (Å²) >= 11 is 0. The van der Waals surface area contributed by atoms with Crippen molar-refractivity contribution in [2.75, 3.05) is 0 Å². The van der Waals surface area contributed by atoms with Crippen LogP contribution in [0.3, 0.4) is 0 Å². The minimum atomic E-state index is -0.552. The van der Waals surface area contributed by atoms with Crippen LogP contribution in [0, 0.1) is 0 Å². The first-order chi connectivity index (χ1) is 9.56. The zero-order valence-electron chi connectivity index (χ0n) is 10.4. The maximum absolute atomic E-state index is 12.1. The zero-order valence-corrected chi connectivity index (χ0v) is 10.4. The van der Waals surface area contributed by atoms with Crippen molar-refractivity contribution in [3.8, 4) is 23.0 Å². The topological polar surface area (TPSA) is 87.0 Å². The third kappa shape index (κ3) is 1.93. The van der Waals surface area contributed by atoms with Crippen molar-refractivity contribution >= 4 is 5.78 Å². The standard InChI is InChI=1S/C15H12O5/c16-9-3-1-8(2-4-9)13-7-12(18)10-5-6-11(17)14(19)15(10)20-13/h1-6,13,16-17,19H,7H2/t13-/m0/s1. The molecule has 2 aromatic carbocycles. The van der Waals surface area contributed by atoms with Crippen LogP contribution in [0.2, 0.25) is 0 Å². The van der Waals surface area contributed by atoms with E-state index in [9.17, 15) is 20.1 Å². The smallest absolute Gasteiger partial charge is 0.201 e. The SMILES string of the molecule is O=C1C[C@@H](c2ccc(O)cc2)Oc2c1ccc(O)c2O. The van der Waals surface area contributed by atoms with E-state index in [1.807, 2.05) is 0 Å². The molecule has 0 unspecified atom stereocenters. The van der Waals surface area contributed by atoms with Crippen LogP contribution in [0.15, 0.2) is 36.4 Å². The van der Waals surface area contributed by atoms with Crippen molar-refractivity contribution < 1.29 is 24.9 Å². The minimum absolute atomic E-state index is 0.000625. The van der Waals surface area contributed by atoms with Crippen LogP contribution in [-0.4, -0.2) is 21.1 Å². The van der Waals surface area contributed by atoms with E-state index >= 15 is 0 Å². The molecular weight excluding hydrogens is 260 g/mol. The van der Waals surface area contributed by atoms with Crippen molar-refractivity contribution in [3.63, 3.8) is 0 Å². The molecule has 5 nitrogen and oxygen atoms in total. The molecule has 3 rings (SSSR count). The van der Waals surface area contributed by atoms with Gasteiger partial charge in [-0.25, -0.2) is 0 Å². The number of phenolic OH excluding ortho intramolecular Hbond substituents is 3. The molecule has 1 aliphatic heterocycles. The summed E-state index contributed by atoms with van der Waals surface area (Å²) in [6.07, 6.45) is -0.412. The fourth-order valence-corrected chi connectivity index (χ4v) is 2.24. The van der Waals surface area contributed by atoms with Gasteiger partial charge in [0.05, 0.1) is 12.0 Å². The predicted octanol–water partition coefficient (Wildman–Crippen LogP) is 2.51. The Hall–Kier alpha value is -2.69. The van der Waals surface area contributed by atoms with Gasteiger partial charge in [0.15, 0.2) is 17.3 Å². The van der Waals surface area contributed by atoms with Crippen LogP contribution >= 0.6 is 0 Å². The number of carbonyl (C=O) groups is 1. The second-order valence-electron chi connectivity index (χ2n) is 4.64. The van der Waals surface area contributed by atoms with Gasteiger partial charge in [-0.2, -0.15) is 0 Å². The Kier molecular flexibility index (Phi) is 2.75. The number of phenols is 3. The molecule has 20 heavy (non-hydrogen) atoms. The normalized spacial score (nSPS) is 17.4. The van der Waals surface area contributed by atoms with Crippen LogP contribution in [0.25, 0.3) is 0 Å². The monoisotopic (exact) mass is 272 g/mol. The molecule has 5 heteroatoms. The molecule has 0 saturated carbocycles. The number of hydrogen-bond donors (Lipinski definition) is 3. The molecule has 3 N–H and O–H groups in total. The zero-order chi connectivity index (χ0) is 14.3.